The summed E-state index contributed by atoms with van der Waals surface area (Å²) in [6, 6.07) is 4.87. The quantitative estimate of drug-likeness (QED) is 0.432. The van der Waals surface area contributed by atoms with Gasteiger partial charge in [0.1, 0.15) is 5.75 Å². The zero-order chi connectivity index (χ0) is 25.1. The summed E-state index contributed by atoms with van der Waals surface area (Å²) >= 11 is 1.65. The molecule has 0 atom stereocenters. The SMILES string of the molecule is CSCCCOc1ccc(C(F)(F)F)cc1C(=O)/N=c1\cc(C(C)(C)C)n(C)n1CC1CCC1. The van der Waals surface area contributed by atoms with Gasteiger partial charge in [-0.3, -0.25) is 14.2 Å². The Morgan fingerprint density at radius 1 is 1.21 bits per heavy atom. The third kappa shape index (κ3) is 6.29. The standard InChI is InChI=1S/C25H34F3N3O2S/c1-24(2,3)21-15-22(31(30(21)4)16-17-8-6-9-17)29-23(32)19-14-18(25(26,27)28)10-11-20(19)33-12-7-13-34-5/h10-11,14-15,17H,6-9,12-13,16H2,1-5H3/b29-22+. The van der Waals surface area contributed by atoms with E-state index in [0.29, 0.717) is 18.0 Å². The average molecular weight is 498 g/mol. The smallest absolute Gasteiger partial charge is 0.416 e. The molecule has 0 unspecified atom stereocenters. The lowest BCUT2D eigenvalue weighted by Gasteiger charge is -2.27. The number of nitrogens with zero attached hydrogens (tertiary/aromatic N) is 3. The molecule has 0 bridgehead atoms. The maximum Gasteiger partial charge on any atom is 0.416 e. The van der Waals surface area contributed by atoms with Crippen molar-refractivity contribution >= 4 is 17.7 Å². The van der Waals surface area contributed by atoms with Crippen molar-refractivity contribution in [3.63, 3.8) is 0 Å². The summed E-state index contributed by atoms with van der Waals surface area (Å²) < 4.78 is 49.8. The van der Waals surface area contributed by atoms with Gasteiger partial charge in [0, 0.05) is 30.8 Å². The first-order chi connectivity index (χ1) is 15.9. The molecule has 0 spiro atoms. The number of alkyl halides is 3. The Morgan fingerprint density at radius 2 is 1.91 bits per heavy atom. The highest BCUT2D eigenvalue weighted by Crippen LogP contribution is 2.33. The van der Waals surface area contributed by atoms with Crippen LogP contribution in [-0.4, -0.2) is 33.9 Å². The van der Waals surface area contributed by atoms with Crippen molar-refractivity contribution in [1.29, 1.82) is 0 Å². The molecule has 9 heteroatoms. The van der Waals surface area contributed by atoms with E-state index in [1.165, 1.54) is 12.5 Å². The van der Waals surface area contributed by atoms with E-state index in [1.807, 2.05) is 28.7 Å². The van der Waals surface area contributed by atoms with E-state index < -0.39 is 17.6 Å². The van der Waals surface area contributed by atoms with E-state index in [1.54, 1.807) is 11.8 Å². The minimum Gasteiger partial charge on any atom is -0.493 e. The summed E-state index contributed by atoms with van der Waals surface area (Å²) in [6.07, 6.45) is 1.56. The molecule has 1 fully saturated rings. The van der Waals surface area contributed by atoms with Crippen LogP contribution in [-0.2, 0) is 25.2 Å². The van der Waals surface area contributed by atoms with Gasteiger partial charge in [-0.1, -0.05) is 27.2 Å². The zero-order valence-corrected chi connectivity index (χ0v) is 21.4. The fraction of sp³-hybridized carbons (Fsp3) is 0.600. The van der Waals surface area contributed by atoms with Gasteiger partial charge in [0.2, 0.25) is 0 Å². The van der Waals surface area contributed by atoms with E-state index in [0.717, 1.165) is 49.4 Å². The number of carbonyl (C=O) groups is 1. The minimum atomic E-state index is -4.57. The van der Waals surface area contributed by atoms with Crippen LogP contribution in [0, 0.1) is 5.92 Å². The third-order valence-electron chi connectivity index (χ3n) is 6.17. The van der Waals surface area contributed by atoms with Crippen molar-refractivity contribution in [1.82, 2.24) is 9.36 Å². The molecular weight excluding hydrogens is 463 g/mol. The average Bonchev–Trinajstić information content (AvgIpc) is 3.02. The van der Waals surface area contributed by atoms with E-state index in [2.05, 4.69) is 25.8 Å². The van der Waals surface area contributed by atoms with E-state index in [9.17, 15) is 18.0 Å². The molecule has 1 aromatic heterocycles. The first-order valence-corrected chi connectivity index (χ1v) is 13.0. The van der Waals surface area contributed by atoms with Crippen LogP contribution in [0.15, 0.2) is 29.3 Å². The second-order valence-corrected chi connectivity index (χ2v) is 10.8. The van der Waals surface area contributed by atoms with Crippen LogP contribution in [0.2, 0.25) is 0 Å². The van der Waals surface area contributed by atoms with Gasteiger partial charge in [-0.25, -0.2) is 0 Å². The molecule has 2 aromatic rings. The number of thioether (sulfide) groups is 1. The molecular formula is C25H34F3N3O2S. The lowest BCUT2D eigenvalue weighted by atomic mass is 9.85. The molecule has 1 amide bonds. The van der Waals surface area contributed by atoms with Crippen molar-refractivity contribution in [2.45, 2.75) is 64.6 Å². The maximum atomic E-state index is 13.4. The van der Waals surface area contributed by atoms with E-state index in [-0.39, 0.29) is 16.7 Å². The molecule has 34 heavy (non-hydrogen) atoms. The van der Waals surface area contributed by atoms with Crippen LogP contribution in [0.3, 0.4) is 0 Å². The number of rotatable bonds is 8. The number of amides is 1. The summed E-state index contributed by atoms with van der Waals surface area (Å²) in [5.41, 5.74) is 0.198. The fourth-order valence-corrected chi connectivity index (χ4v) is 4.46. The molecule has 1 aromatic carbocycles. The Labute approximate surface area is 203 Å². The molecule has 1 aliphatic rings. The van der Waals surface area contributed by atoms with Gasteiger partial charge in [0.25, 0.3) is 5.91 Å². The number of hydrogen-bond acceptors (Lipinski definition) is 3. The van der Waals surface area contributed by atoms with Crippen molar-refractivity contribution in [3.05, 3.63) is 46.6 Å². The van der Waals surface area contributed by atoms with Crippen LogP contribution in [0.4, 0.5) is 13.2 Å². The van der Waals surface area contributed by atoms with Gasteiger partial charge in [-0.05, 0) is 55.4 Å². The summed E-state index contributed by atoms with van der Waals surface area (Å²) in [4.78, 5) is 17.6. The van der Waals surface area contributed by atoms with Crippen molar-refractivity contribution < 1.29 is 22.7 Å². The van der Waals surface area contributed by atoms with Crippen LogP contribution >= 0.6 is 11.8 Å². The highest BCUT2D eigenvalue weighted by atomic mass is 32.2. The molecule has 5 nitrogen and oxygen atoms in total. The Kier molecular flexibility index (Phi) is 8.26. The molecule has 1 heterocycles. The first kappa shape index (κ1) is 26.4. The molecule has 0 N–H and O–H groups in total. The van der Waals surface area contributed by atoms with Gasteiger partial charge >= 0.3 is 6.18 Å². The number of aromatic nitrogens is 2. The van der Waals surface area contributed by atoms with Gasteiger partial charge < -0.3 is 4.74 Å². The maximum absolute atomic E-state index is 13.4. The highest BCUT2D eigenvalue weighted by molar-refractivity contribution is 7.98. The second-order valence-electron chi connectivity index (χ2n) is 9.86. The molecule has 188 valence electrons. The Balaban J connectivity index is 2.04. The van der Waals surface area contributed by atoms with Crippen LogP contribution in [0.5, 0.6) is 5.75 Å². The number of hydrogen-bond donors (Lipinski definition) is 0. The van der Waals surface area contributed by atoms with Crippen LogP contribution in [0.1, 0.15) is 68.1 Å². The second kappa shape index (κ2) is 10.6. The van der Waals surface area contributed by atoms with Crippen molar-refractivity contribution in [2.24, 2.45) is 18.0 Å². The molecule has 0 aliphatic heterocycles. The van der Waals surface area contributed by atoms with Gasteiger partial charge in [0.15, 0.2) is 5.49 Å². The normalized spacial score (nSPS) is 15.5. The monoisotopic (exact) mass is 497 g/mol. The zero-order valence-electron chi connectivity index (χ0n) is 20.5. The highest BCUT2D eigenvalue weighted by Gasteiger charge is 2.32. The third-order valence-corrected chi connectivity index (χ3v) is 6.87. The van der Waals surface area contributed by atoms with Gasteiger partial charge in [-0.2, -0.15) is 29.9 Å². The number of ether oxygens (including phenoxy) is 1. The summed E-state index contributed by atoms with van der Waals surface area (Å²) in [5, 5.41) is 0. The largest absolute Gasteiger partial charge is 0.493 e. The first-order valence-electron chi connectivity index (χ1n) is 11.6. The van der Waals surface area contributed by atoms with Crippen molar-refractivity contribution in [3.8, 4) is 5.75 Å². The van der Waals surface area contributed by atoms with Crippen LogP contribution in [0.25, 0.3) is 0 Å². The summed E-state index contributed by atoms with van der Waals surface area (Å²) in [7, 11) is 1.94. The number of carbonyl (C=O) groups excluding carboxylic acids is 1. The molecule has 3 rings (SSSR count). The topological polar surface area (TPSA) is 48.5 Å². The van der Waals surface area contributed by atoms with E-state index in [4.69, 9.17) is 4.74 Å². The predicted molar refractivity (Wildman–Crippen MR) is 129 cm³/mol. The van der Waals surface area contributed by atoms with E-state index >= 15 is 0 Å². The summed E-state index contributed by atoms with van der Waals surface area (Å²) in [5.74, 6) is 0.758. The minimum absolute atomic E-state index is 0.125. The van der Waals surface area contributed by atoms with Gasteiger partial charge in [-0.15, -0.1) is 0 Å². The summed E-state index contributed by atoms with van der Waals surface area (Å²) in [6.45, 7) is 7.27. The van der Waals surface area contributed by atoms with Crippen LogP contribution < -0.4 is 10.2 Å². The fourth-order valence-electron chi connectivity index (χ4n) is 4.05. The Morgan fingerprint density at radius 3 is 2.47 bits per heavy atom. The number of halogens is 3. The Bertz CT molecular complexity index is 1080. The molecule has 0 radical (unpaired) electrons. The number of benzene rings is 1. The molecule has 0 saturated heterocycles. The lowest BCUT2D eigenvalue weighted by molar-refractivity contribution is -0.137. The van der Waals surface area contributed by atoms with Gasteiger partial charge in [0.05, 0.1) is 17.7 Å². The van der Waals surface area contributed by atoms with Crippen molar-refractivity contribution in [2.75, 3.05) is 18.6 Å². The Hall–Kier alpha value is -2.16. The predicted octanol–water partition coefficient (Wildman–Crippen LogP) is 5.82. The lowest BCUT2D eigenvalue weighted by Crippen LogP contribution is -2.30. The molecule has 1 saturated carbocycles. The molecule has 1 aliphatic carbocycles.